The van der Waals surface area contributed by atoms with Crippen LogP contribution in [0.15, 0.2) is 12.7 Å². The van der Waals surface area contributed by atoms with Crippen LogP contribution in [-0.2, 0) is 9.53 Å². The Morgan fingerprint density at radius 1 is 1.85 bits per heavy atom. The van der Waals surface area contributed by atoms with Crippen molar-refractivity contribution in [2.24, 2.45) is 5.41 Å². The van der Waals surface area contributed by atoms with Crippen molar-refractivity contribution in [3.8, 4) is 0 Å². The maximum atomic E-state index is 11.0. The number of aliphatic hydroxyl groups excluding tert-OH is 1. The summed E-state index contributed by atoms with van der Waals surface area (Å²) in [5, 5.41) is 9.45. The van der Waals surface area contributed by atoms with E-state index in [0.717, 1.165) is 12.7 Å². The quantitative estimate of drug-likeness (QED) is 0.510. The van der Waals surface area contributed by atoms with E-state index in [4.69, 9.17) is 4.74 Å². The first kappa shape index (κ1) is 10.4. The van der Waals surface area contributed by atoms with Crippen LogP contribution >= 0.6 is 0 Å². The standard InChI is InChI=1S/C10H16O3/c1-4-7(11)8(12)5-10(2,3)9-6-13-9/h4,8-9,12H,1,5-6H2,2-3H3. The smallest absolute Gasteiger partial charge is 0.183 e. The topological polar surface area (TPSA) is 49.8 Å². The molecule has 0 radical (unpaired) electrons. The molecule has 1 fully saturated rings. The van der Waals surface area contributed by atoms with E-state index in [0.29, 0.717) is 6.42 Å². The third-order valence-electron chi connectivity index (χ3n) is 2.45. The number of aliphatic hydroxyl groups is 1. The summed E-state index contributed by atoms with van der Waals surface area (Å²) < 4.78 is 5.14. The largest absolute Gasteiger partial charge is 0.385 e. The fourth-order valence-electron chi connectivity index (χ4n) is 1.37. The summed E-state index contributed by atoms with van der Waals surface area (Å²) in [6.45, 7) is 8.05. The van der Waals surface area contributed by atoms with Crippen LogP contribution in [0.2, 0.25) is 0 Å². The zero-order valence-corrected chi connectivity index (χ0v) is 8.12. The highest BCUT2D eigenvalue weighted by molar-refractivity contribution is 5.92. The molecule has 1 aliphatic heterocycles. The molecule has 1 aliphatic rings. The van der Waals surface area contributed by atoms with Crippen LogP contribution in [0, 0.1) is 5.41 Å². The summed E-state index contributed by atoms with van der Waals surface area (Å²) in [4.78, 5) is 11.0. The van der Waals surface area contributed by atoms with Gasteiger partial charge in [0.2, 0.25) is 0 Å². The van der Waals surface area contributed by atoms with Crippen molar-refractivity contribution in [1.82, 2.24) is 0 Å². The molecule has 0 bridgehead atoms. The molecule has 2 unspecified atom stereocenters. The van der Waals surface area contributed by atoms with Crippen LogP contribution in [0.4, 0.5) is 0 Å². The summed E-state index contributed by atoms with van der Waals surface area (Å²) >= 11 is 0. The van der Waals surface area contributed by atoms with Crippen molar-refractivity contribution >= 4 is 5.78 Å². The first-order chi connectivity index (χ1) is 5.97. The lowest BCUT2D eigenvalue weighted by atomic mass is 9.82. The van der Waals surface area contributed by atoms with Crippen molar-refractivity contribution in [2.75, 3.05) is 6.61 Å². The van der Waals surface area contributed by atoms with Gasteiger partial charge in [-0.3, -0.25) is 4.79 Å². The molecule has 0 aromatic carbocycles. The second-order valence-corrected chi connectivity index (χ2v) is 4.14. The molecule has 1 rings (SSSR count). The van der Waals surface area contributed by atoms with Crippen LogP contribution in [0.5, 0.6) is 0 Å². The van der Waals surface area contributed by atoms with E-state index in [-0.39, 0.29) is 17.3 Å². The molecule has 0 aromatic rings. The lowest BCUT2D eigenvalue weighted by molar-refractivity contribution is -0.123. The van der Waals surface area contributed by atoms with Gasteiger partial charge in [-0.1, -0.05) is 20.4 Å². The summed E-state index contributed by atoms with van der Waals surface area (Å²) in [5.74, 6) is -0.311. The Hall–Kier alpha value is -0.670. The number of ether oxygens (including phenoxy) is 1. The van der Waals surface area contributed by atoms with Crippen LogP contribution in [-0.4, -0.2) is 29.7 Å². The van der Waals surface area contributed by atoms with Crippen molar-refractivity contribution in [2.45, 2.75) is 32.5 Å². The number of carbonyl (C=O) groups excluding carboxylic acids is 1. The maximum absolute atomic E-state index is 11.0. The zero-order chi connectivity index (χ0) is 10.1. The molecule has 0 amide bonds. The lowest BCUT2D eigenvalue weighted by Crippen LogP contribution is -2.30. The Labute approximate surface area is 78.4 Å². The van der Waals surface area contributed by atoms with Gasteiger partial charge < -0.3 is 9.84 Å². The van der Waals surface area contributed by atoms with Crippen LogP contribution in [0.25, 0.3) is 0 Å². The molecule has 3 nitrogen and oxygen atoms in total. The highest BCUT2D eigenvalue weighted by Gasteiger charge is 2.41. The number of hydrogen-bond donors (Lipinski definition) is 1. The van der Waals surface area contributed by atoms with Gasteiger partial charge in [-0.05, 0) is 17.9 Å². The molecule has 1 N–H and O–H groups in total. The molecular formula is C10H16O3. The number of carbonyl (C=O) groups is 1. The zero-order valence-electron chi connectivity index (χ0n) is 8.12. The van der Waals surface area contributed by atoms with E-state index < -0.39 is 6.10 Å². The molecule has 3 heteroatoms. The SMILES string of the molecule is C=CC(=O)C(O)CC(C)(C)C1CO1. The maximum Gasteiger partial charge on any atom is 0.183 e. The van der Waals surface area contributed by atoms with Gasteiger partial charge in [0.25, 0.3) is 0 Å². The van der Waals surface area contributed by atoms with Gasteiger partial charge in [0.15, 0.2) is 5.78 Å². The predicted molar refractivity (Wildman–Crippen MR) is 49.3 cm³/mol. The Kier molecular flexibility index (Phi) is 2.88. The van der Waals surface area contributed by atoms with Gasteiger partial charge >= 0.3 is 0 Å². The minimum atomic E-state index is -0.934. The van der Waals surface area contributed by atoms with Crippen molar-refractivity contribution in [1.29, 1.82) is 0 Å². The van der Waals surface area contributed by atoms with E-state index in [9.17, 15) is 9.90 Å². The summed E-state index contributed by atoms with van der Waals surface area (Å²) in [6.07, 6.45) is 0.855. The first-order valence-corrected chi connectivity index (χ1v) is 4.43. The highest BCUT2D eigenvalue weighted by atomic mass is 16.6. The monoisotopic (exact) mass is 184 g/mol. The number of hydrogen-bond acceptors (Lipinski definition) is 3. The second-order valence-electron chi connectivity index (χ2n) is 4.14. The molecule has 0 aromatic heterocycles. The minimum absolute atomic E-state index is 0.127. The van der Waals surface area contributed by atoms with Gasteiger partial charge in [0, 0.05) is 0 Å². The summed E-state index contributed by atoms with van der Waals surface area (Å²) in [7, 11) is 0. The Balaban J connectivity index is 2.46. The fraction of sp³-hybridized carbons (Fsp3) is 0.700. The van der Waals surface area contributed by atoms with E-state index in [1.807, 2.05) is 13.8 Å². The molecule has 74 valence electrons. The van der Waals surface area contributed by atoms with Crippen molar-refractivity contribution in [3.05, 3.63) is 12.7 Å². The Morgan fingerprint density at radius 3 is 2.77 bits per heavy atom. The van der Waals surface area contributed by atoms with Gasteiger partial charge in [-0.25, -0.2) is 0 Å². The number of epoxide rings is 1. The lowest BCUT2D eigenvalue weighted by Gasteiger charge is -2.24. The molecule has 13 heavy (non-hydrogen) atoms. The Morgan fingerprint density at radius 2 is 2.38 bits per heavy atom. The number of ketones is 1. The van der Waals surface area contributed by atoms with Gasteiger partial charge in [-0.15, -0.1) is 0 Å². The first-order valence-electron chi connectivity index (χ1n) is 4.43. The minimum Gasteiger partial charge on any atom is -0.385 e. The van der Waals surface area contributed by atoms with E-state index in [1.165, 1.54) is 0 Å². The molecule has 0 saturated carbocycles. The third kappa shape index (κ3) is 2.64. The molecular weight excluding hydrogens is 168 g/mol. The number of rotatable bonds is 5. The summed E-state index contributed by atoms with van der Waals surface area (Å²) in [6, 6.07) is 0. The predicted octanol–water partition coefficient (Wildman–Crippen LogP) is 0.917. The molecule has 2 atom stereocenters. The van der Waals surface area contributed by atoms with Crippen LogP contribution < -0.4 is 0 Å². The van der Waals surface area contributed by atoms with Gasteiger partial charge in [0.05, 0.1) is 12.7 Å². The van der Waals surface area contributed by atoms with Crippen LogP contribution in [0.1, 0.15) is 20.3 Å². The molecule has 0 spiro atoms. The van der Waals surface area contributed by atoms with Crippen LogP contribution in [0.3, 0.4) is 0 Å². The molecule has 1 saturated heterocycles. The highest BCUT2D eigenvalue weighted by Crippen LogP contribution is 2.36. The third-order valence-corrected chi connectivity index (χ3v) is 2.45. The van der Waals surface area contributed by atoms with E-state index >= 15 is 0 Å². The normalized spacial score (nSPS) is 23.8. The molecule has 1 heterocycles. The van der Waals surface area contributed by atoms with E-state index in [2.05, 4.69) is 6.58 Å². The Bertz CT molecular complexity index is 216. The summed E-state index contributed by atoms with van der Waals surface area (Å²) in [5.41, 5.74) is -0.127. The second kappa shape index (κ2) is 3.60. The van der Waals surface area contributed by atoms with Crippen molar-refractivity contribution < 1.29 is 14.6 Å². The van der Waals surface area contributed by atoms with Gasteiger partial charge in [-0.2, -0.15) is 0 Å². The van der Waals surface area contributed by atoms with E-state index in [1.54, 1.807) is 0 Å². The fourth-order valence-corrected chi connectivity index (χ4v) is 1.37. The van der Waals surface area contributed by atoms with Gasteiger partial charge in [0.1, 0.15) is 6.10 Å². The average Bonchev–Trinajstić information content (AvgIpc) is 2.84. The average molecular weight is 184 g/mol. The molecule has 0 aliphatic carbocycles. The van der Waals surface area contributed by atoms with Crippen molar-refractivity contribution in [3.63, 3.8) is 0 Å².